The predicted octanol–water partition coefficient (Wildman–Crippen LogP) is 2.33. The molecule has 0 radical (unpaired) electrons. The van der Waals surface area contributed by atoms with Crippen molar-refractivity contribution in [1.82, 2.24) is 4.90 Å². The summed E-state index contributed by atoms with van der Waals surface area (Å²) in [6.45, 7) is 4.52. The minimum absolute atomic E-state index is 0.250. The number of hydrogen-bond donors (Lipinski definition) is 0. The number of benzene rings is 2. The average Bonchev–Trinajstić information content (AvgIpc) is 2.55. The molecule has 4 heteroatoms. The van der Waals surface area contributed by atoms with E-state index < -0.39 is 0 Å². The van der Waals surface area contributed by atoms with Crippen molar-refractivity contribution in [1.29, 1.82) is 0 Å². The SMILES string of the molecule is O=C(OCCN1CCOCC1)c1cccc2ccccc12. The van der Waals surface area contributed by atoms with E-state index in [1.165, 1.54) is 0 Å². The van der Waals surface area contributed by atoms with Crippen LogP contribution in [0, 0.1) is 0 Å². The molecule has 110 valence electrons. The van der Waals surface area contributed by atoms with Crippen molar-refractivity contribution in [3.05, 3.63) is 48.0 Å². The summed E-state index contributed by atoms with van der Waals surface area (Å²) in [4.78, 5) is 14.5. The Morgan fingerprint density at radius 3 is 2.71 bits per heavy atom. The molecule has 0 spiro atoms. The lowest BCUT2D eigenvalue weighted by atomic mass is 10.1. The number of carbonyl (C=O) groups excluding carboxylic acids is 1. The first-order valence-electron chi connectivity index (χ1n) is 7.29. The van der Waals surface area contributed by atoms with Gasteiger partial charge in [-0.05, 0) is 16.8 Å². The van der Waals surface area contributed by atoms with Crippen molar-refractivity contribution >= 4 is 16.7 Å². The molecule has 1 fully saturated rings. The van der Waals surface area contributed by atoms with Crippen LogP contribution in [0.5, 0.6) is 0 Å². The third-order valence-electron chi connectivity index (χ3n) is 3.75. The molecule has 3 rings (SSSR count). The van der Waals surface area contributed by atoms with Gasteiger partial charge in [0.05, 0.1) is 18.8 Å². The zero-order valence-corrected chi connectivity index (χ0v) is 12.0. The summed E-state index contributed by atoms with van der Waals surface area (Å²) in [7, 11) is 0. The number of fused-ring (bicyclic) bond motifs is 1. The van der Waals surface area contributed by atoms with Crippen molar-refractivity contribution in [2.75, 3.05) is 39.5 Å². The smallest absolute Gasteiger partial charge is 0.338 e. The molecule has 4 nitrogen and oxygen atoms in total. The zero-order chi connectivity index (χ0) is 14.5. The quantitative estimate of drug-likeness (QED) is 0.808. The van der Waals surface area contributed by atoms with Crippen molar-refractivity contribution < 1.29 is 14.3 Å². The Balaban J connectivity index is 1.61. The lowest BCUT2D eigenvalue weighted by Crippen LogP contribution is -2.38. The molecule has 0 atom stereocenters. The summed E-state index contributed by atoms with van der Waals surface area (Å²) >= 11 is 0. The van der Waals surface area contributed by atoms with E-state index in [0.717, 1.165) is 43.6 Å². The van der Waals surface area contributed by atoms with Crippen LogP contribution >= 0.6 is 0 Å². The van der Waals surface area contributed by atoms with E-state index in [9.17, 15) is 4.79 Å². The number of rotatable bonds is 4. The average molecular weight is 285 g/mol. The van der Waals surface area contributed by atoms with Crippen molar-refractivity contribution in [3.8, 4) is 0 Å². The molecule has 0 aromatic heterocycles. The van der Waals surface area contributed by atoms with Crippen LogP contribution in [0.2, 0.25) is 0 Å². The Morgan fingerprint density at radius 2 is 1.86 bits per heavy atom. The molecule has 0 N–H and O–H groups in total. The Bertz CT molecular complexity index is 615. The van der Waals surface area contributed by atoms with E-state index in [0.29, 0.717) is 12.2 Å². The first kappa shape index (κ1) is 14.0. The van der Waals surface area contributed by atoms with Crippen LogP contribution in [0.1, 0.15) is 10.4 Å². The van der Waals surface area contributed by atoms with Crippen LogP contribution in [0.25, 0.3) is 10.8 Å². The molecule has 1 saturated heterocycles. The third-order valence-corrected chi connectivity index (χ3v) is 3.75. The second-order valence-corrected chi connectivity index (χ2v) is 5.12. The van der Waals surface area contributed by atoms with Crippen LogP contribution in [-0.2, 0) is 9.47 Å². The highest BCUT2D eigenvalue weighted by molar-refractivity contribution is 6.04. The van der Waals surface area contributed by atoms with Gasteiger partial charge in [0.15, 0.2) is 0 Å². The highest BCUT2D eigenvalue weighted by atomic mass is 16.5. The van der Waals surface area contributed by atoms with E-state index in [-0.39, 0.29) is 5.97 Å². The topological polar surface area (TPSA) is 38.8 Å². The predicted molar refractivity (Wildman–Crippen MR) is 81.5 cm³/mol. The lowest BCUT2D eigenvalue weighted by Gasteiger charge is -2.26. The van der Waals surface area contributed by atoms with Gasteiger partial charge in [-0.15, -0.1) is 0 Å². The van der Waals surface area contributed by atoms with Gasteiger partial charge in [-0.25, -0.2) is 4.79 Å². The standard InChI is InChI=1S/C17H19NO3/c19-17(21-13-10-18-8-11-20-12-9-18)16-7-3-5-14-4-1-2-6-15(14)16/h1-7H,8-13H2. The van der Waals surface area contributed by atoms with E-state index >= 15 is 0 Å². The van der Waals surface area contributed by atoms with Crippen LogP contribution in [0.3, 0.4) is 0 Å². The lowest BCUT2D eigenvalue weighted by molar-refractivity contribution is 0.0196. The van der Waals surface area contributed by atoms with Gasteiger partial charge < -0.3 is 9.47 Å². The van der Waals surface area contributed by atoms with Crippen molar-refractivity contribution in [3.63, 3.8) is 0 Å². The number of nitrogens with zero attached hydrogens (tertiary/aromatic N) is 1. The third kappa shape index (κ3) is 3.40. The van der Waals surface area contributed by atoms with Crippen molar-refractivity contribution in [2.24, 2.45) is 0 Å². The normalized spacial score (nSPS) is 16.0. The van der Waals surface area contributed by atoms with Gasteiger partial charge in [0.25, 0.3) is 0 Å². The van der Waals surface area contributed by atoms with Gasteiger partial charge in [-0.3, -0.25) is 4.90 Å². The summed E-state index contributed by atoms with van der Waals surface area (Å²) in [6, 6.07) is 13.6. The van der Waals surface area contributed by atoms with Gasteiger partial charge in [-0.2, -0.15) is 0 Å². The van der Waals surface area contributed by atoms with E-state index in [1.807, 2.05) is 42.5 Å². The molecule has 0 aliphatic carbocycles. The Labute approximate surface area is 124 Å². The maximum Gasteiger partial charge on any atom is 0.338 e. The number of morpholine rings is 1. The number of ether oxygens (including phenoxy) is 2. The maximum absolute atomic E-state index is 12.2. The first-order valence-corrected chi connectivity index (χ1v) is 7.29. The van der Waals surface area contributed by atoms with Gasteiger partial charge in [0, 0.05) is 19.6 Å². The Hall–Kier alpha value is -1.91. The molecule has 0 unspecified atom stereocenters. The molecule has 1 aliphatic rings. The summed E-state index contributed by atoms with van der Waals surface area (Å²) in [6.07, 6.45) is 0. The summed E-state index contributed by atoms with van der Waals surface area (Å²) in [5.41, 5.74) is 0.634. The Kier molecular flexibility index (Phi) is 4.48. The maximum atomic E-state index is 12.2. The molecule has 1 heterocycles. The minimum atomic E-state index is -0.250. The minimum Gasteiger partial charge on any atom is -0.461 e. The van der Waals surface area contributed by atoms with Gasteiger partial charge >= 0.3 is 5.97 Å². The second kappa shape index (κ2) is 6.70. The largest absolute Gasteiger partial charge is 0.461 e. The van der Waals surface area contributed by atoms with Crippen LogP contribution in [-0.4, -0.2) is 50.3 Å². The fraction of sp³-hybridized carbons (Fsp3) is 0.353. The molecule has 2 aromatic rings. The van der Waals surface area contributed by atoms with E-state index in [1.54, 1.807) is 0 Å². The summed E-state index contributed by atoms with van der Waals surface area (Å²) < 4.78 is 10.7. The summed E-state index contributed by atoms with van der Waals surface area (Å²) in [5, 5.41) is 2.00. The fourth-order valence-corrected chi connectivity index (χ4v) is 2.57. The monoisotopic (exact) mass is 285 g/mol. The van der Waals surface area contributed by atoms with Gasteiger partial charge in [-0.1, -0.05) is 36.4 Å². The molecule has 2 aromatic carbocycles. The molecule has 0 amide bonds. The van der Waals surface area contributed by atoms with Gasteiger partial charge in [0.2, 0.25) is 0 Å². The number of esters is 1. The first-order chi connectivity index (χ1) is 10.3. The molecule has 21 heavy (non-hydrogen) atoms. The Morgan fingerprint density at radius 1 is 1.10 bits per heavy atom. The van der Waals surface area contributed by atoms with Crippen LogP contribution in [0.15, 0.2) is 42.5 Å². The molecular weight excluding hydrogens is 266 g/mol. The number of hydrogen-bond acceptors (Lipinski definition) is 4. The number of carbonyl (C=O) groups is 1. The summed E-state index contributed by atoms with van der Waals surface area (Å²) in [5.74, 6) is -0.250. The van der Waals surface area contributed by atoms with Crippen LogP contribution in [0.4, 0.5) is 0 Å². The highest BCUT2D eigenvalue weighted by Crippen LogP contribution is 2.19. The highest BCUT2D eigenvalue weighted by Gasteiger charge is 2.13. The molecule has 0 saturated carbocycles. The van der Waals surface area contributed by atoms with Crippen molar-refractivity contribution in [2.45, 2.75) is 0 Å². The molecule has 0 bridgehead atoms. The molecule has 1 aliphatic heterocycles. The van der Waals surface area contributed by atoms with E-state index in [4.69, 9.17) is 9.47 Å². The van der Waals surface area contributed by atoms with Gasteiger partial charge in [0.1, 0.15) is 6.61 Å². The molecular formula is C17H19NO3. The van der Waals surface area contributed by atoms with E-state index in [2.05, 4.69) is 4.90 Å². The fourth-order valence-electron chi connectivity index (χ4n) is 2.57. The van der Waals surface area contributed by atoms with Crippen LogP contribution < -0.4 is 0 Å². The zero-order valence-electron chi connectivity index (χ0n) is 12.0. The second-order valence-electron chi connectivity index (χ2n) is 5.12.